The Bertz CT molecular complexity index is 1020. The van der Waals surface area contributed by atoms with Gasteiger partial charge in [0.2, 0.25) is 5.91 Å². The van der Waals surface area contributed by atoms with Gasteiger partial charge < -0.3 is 20.5 Å². The fourth-order valence-electron chi connectivity index (χ4n) is 3.78. The minimum Gasteiger partial charge on any atom is -0.472 e. The Kier molecular flexibility index (Phi) is 7.50. The van der Waals surface area contributed by atoms with E-state index in [9.17, 15) is 14.4 Å². The SMILES string of the molecule is CC(C)C(CC(=O)NCC#CC(=O)O)NC(=O)OCC1c2ccccc2-c2ccccc21. The Morgan fingerprint density at radius 1 is 1.03 bits per heavy atom. The molecule has 0 radical (unpaired) electrons. The smallest absolute Gasteiger partial charge is 0.407 e. The van der Waals surface area contributed by atoms with Crippen molar-refractivity contribution in [3.63, 3.8) is 0 Å². The summed E-state index contributed by atoms with van der Waals surface area (Å²) in [7, 11) is 0. The predicted molar refractivity (Wildman–Crippen MR) is 120 cm³/mol. The highest BCUT2D eigenvalue weighted by Crippen LogP contribution is 2.44. The van der Waals surface area contributed by atoms with Crippen LogP contribution in [0.3, 0.4) is 0 Å². The number of carbonyl (C=O) groups excluding carboxylic acids is 2. The van der Waals surface area contributed by atoms with Gasteiger partial charge in [-0.2, -0.15) is 0 Å². The number of ether oxygens (including phenoxy) is 1. The summed E-state index contributed by atoms with van der Waals surface area (Å²) >= 11 is 0. The lowest BCUT2D eigenvalue weighted by Crippen LogP contribution is -2.42. The van der Waals surface area contributed by atoms with Crippen molar-refractivity contribution in [1.82, 2.24) is 10.6 Å². The largest absolute Gasteiger partial charge is 0.472 e. The van der Waals surface area contributed by atoms with Crippen molar-refractivity contribution in [2.45, 2.75) is 32.2 Å². The lowest BCUT2D eigenvalue weighted by molar-refractivity contribution is -0.130. The first kappa shape index (κ1) is 22.9. The molecule has 3 rings (SSSR count). The number of carbonyl (C=O) groups is 3. The van der Waals surface area contributed by atoms with Crippen molar-refractivity contribution in [3.05, 3.63) is 59.7 Å². The number of alkyl carbamates (subject to hydrolysis) is 1. The summed E-state index contributed by atoms with van der Waals surface area (Å²) in [6.07, 6.45) is -0.541. The van der Waals surface area contributed by atoms with Crippen LogP contribution in [0.25, 0.3) is 11.1 Å². The monoisotopic (exact) mass is 434 g/mol. The zero-order valence-corrected chi connectivity index (χ0v) is 18.1. The van der Waals surface area contributed by atoms with Crippen LogP contribution in [0.15, 0.2) is 48.5 Å². The van der Waals surface area contributed by atoms with Gasteiger partial charge in [-0.25, -0.2) is 9.59 Å². The second kappa shape index (κ2) is 10.5. The topological polar surface area (TPSA) is 105 Å². The first-order chi connectivity index (χ1) is 15.4. The Hall–Kier alpha value is -3.79. The highest BCUT2D eigenvalue weighted by Gasteiger charge is 2.29. The molecular weight excluding hydrogens is 408 g/mol. The third-order valence-corrected chi connectivity index (χ3v) is 5.43. The lowest BCUT2D eigenvalue weighted by atomic mass is 9.98. The van der Waals surface area contributed by atoms with Crippen LogP contribution < -0.4 is 10.6 Å². The molecule has 2 amide bonds. The average Bonchev–Trinajstić information content (AvgIpc) is 3.08. The molecule has 0 aliphatic heterocycles. The van der Waals surface area contributed by atoms with Gasteiger partial charge in [-0.1, -0.05) is 68.3 Å². The Balaban J connectivity index is 1.57. The fraction of sp³-hybridized carbons (Fsp3) is 0.320. The van der Waals surface area contributed by atoms with E-state index in [0.29, 0.717) is 0 Å². The number of nitrogens with one attached hydrogen (secondary N) is 2. The van der Waals surface area contributed by atoms with Gasteiger partial charge in [-0.3, -0.25) is 4.79 Å². The molecule has 1 unspecified atom stereocenters. The summed E-state index contributed by atoms with van der Waals surface area (Å²) in [6, 6.07) is 15.8. The minimum absolute atomic E-state index is 0.00802. The van der Waals surface area contributed by atoms with Gasteiger partial charge in [-0.15, -0.1) is 0 Å². The van der Waals surface area contributed by atoms with E-state index >= 15 is 0 Å². The van der Waals surface area contributed by atoms with Gasteiger partial charge in [0.1, 0.15) is 6.61 Å². The van der Waals surface area contributed by atoms with E-state index in [0.717, 1.165) is 22.3 Å². The van der Waals surface area contributed by atoms with Crippen LogP contribution in [0, 0.1) is 17.8 Å². The van der Waals surface area contributed by atoms with Crippen molar-refractivity contribution in [1.29, 1.82) is 0 Å². The molecule has 0 aromatic heterocycles. The second-order valence-corrected chi connectivity index (χ2v) is 7.91. The van der Waals surface area contributed by atoms with Crippen LogP contribution in [0.1, 0.15) is 37.3 Å². The summed E-state index contributed by atoms with van der Waals surface area (Å²) in [5, 5.41) is 13.8. The first-order valence-corrected chi connectivity index (χ1v) is 10.5. The first-order valence-electron chi connectivity index (χ1n) is 10.5. The van der Waals surface area contributed by atoms with E-state index in [1.54, 1.807) is 0 Å². The molecule has 0 bridgehead atoms. The normalized spacial score (nSPS) is 12.7. The fourth-order valence-corrected chi connectivity index (χ4v) is 3.78. The van der Waals surface area contributed by atoms with Gasteiger partial charge in [0.25, 0.3) is 0 Å². The zero-order chi connectivity index (χ0) is 23.1. The molecule has 1 aliphatic rings. The summed E-state index contributed by atoms with van der Waals surface area (Å²) < 4.78 is 5.56. The summed E-state index contributed by atoms with van der Waals surface area (Å²) in [4.78, 5) is 35.0. The van der Waals surface area contributed by atoms with Crippen LogP contribution in [0.2, 0.25) is 0 Å². The van der Waals surface area contributed by atoms with E-state index < -0.39 is 18.1 Å². The van der Waals surface area contributed by atoms with Crippen molar-refractivity contribution in [3.8, 4) is 23.0 Å². The molecule has 0 fully saturated rings. The van der Waals surface area contributed by atoms with Gasteiger partial charge in [0.05, 0.1) is 6.54 Å². The molecule has 32 heavy (non-hydrogen) atoms. The number of aliphatic carboxylic acids is 1. The molecule has 1 aliphatic carbocycles. The van der Waals surface area contributed by atoms with Crippen LogP contribution in [-0.2, 0) is 14.3 Å². The predicted octanol–water partition coefficient (Wildman–Crippen LogP) is 3.14. The molecule has 3 N–H and O–H groups in total. The molecule has 2 aromatic rings. The molecule has 0 saturated carbocycles. The van der Waals surface area contributed by atoms with Crippen LogP contribution in [0.5, 0.6) is 0 Å². The van der Waals surface area contributed by atoms with E-state index in [1.165, 1.54) is 0 Å². The molecule has 1 atom stereocenters. The van der Waals surface area contributed by atoms with Crippen LogP contribution >= 0.6 is 0 Å². The minimum atomic E-state index is -1.25. The van der Waals surface area contributed by atoms with E-state index in [-0.39, 0.29) is 37.3 Å². The van der Waals surface area contributed by atoms with Crippen molar-refractivity contribution in [2.24, 2.45) is 5.92 Å². The third kappa shape index (κ3) is 5.67. The quantitative estimate of drug-likeness (QED) is 0.581. The van der Waals surface area contributed by atoms with Crippen LogP contribution in [-0.4, -0.2) is 42.3 Å². The standard InChI is InChI=1S/C25H26N2O5/c1-16(2)22(14-23(28)26-13-7-12-24(29)30)27-25(31)32-15-21-19-10-5-3-8-17(19)18-9-4-6-11-20(18)21/h3-6,8-11,16,21-22H,13-15H2,1-2H3,(H,26,28)(H,27,31)(H,29,30). The Morgan fingerprint density at radius 3 is 2.19 bits per heavy atom. The molecule has 2 aromatic carbocycles. The molecule has 0 heterocycles. The molecule has 0 saturated heterocycles. The number of hydrogen-bond acceptors (Lipinski definition) is 4. The van der Waals surface area contributed by atoms with Gasteiger partial charge in [0, 0.05) is 24.3 Å². The maximum atomic E-state index is 12.5. The number of fused-ring (bicyclic) bond motifs is 3. The van der Waals surface area contributed by atoms with Gasteiger partial charge in [-0.05, 0) is 28.2 Å². The number of hydrogen-bond donors (Lipinski definition) is 3. The van der Waals surface area contributed by atoms with Gasteiger partial charge >= 0.3 is 12.1 Å². The zero-order valence-electron chi connectivity index (χ0n) is 18.1. The van der Waals surface area contributed by atoms with Gasteiger partial charge in [0.15, 0.2) is 0 Å². The molecule has 0 spiro atoms. The lowest BCUT2D eigenvalue weighted by Gasteiger charge is -2.22. The number of carboxylic acid groups (broad SMARTS) is 1. The number of amides is 2. The summed E-state index contributed by atoms with van der Waals surface area (Å²) in [5.41, 5.74) is 4.56. The number of benzene rings is 2. The maximum Gasteiger partial charge on any atom is 0.407 e. The van der Waals surface area contributed by atoms with Crippen molar-refractivity contribution >= 4 is 18.0 Å². The summed E-state index contributed by atoms with van der Waals surface area (Å²) in [6.45, 7) is 3.92. The molecule has 7 heteroatoms. The summed E-state index contributed by atoms with van der Waals surface area (Å²) in [5.74, 6) is 2.63. The number of carboxylic acids is 1. The molecule has 7 nitrogen and oxygen atoms in total. The van der Waals surface area contributed by atoms with Crippen molar-refractivity contribution < 1.29 is 24.2 Å². The Labute approximate surface area is 187 Å². The van der Waals surface area contributed by atoms with E-state index in [4.69, 9.17) is 9.84 Å². The molecule has 166 valence electrons. The number of rotatable bonds is 7. The highest BCUT2D eigenvalue weighted by molar-refractivity contribution is 5.86. The third-order valence-electron chi connectivity index (χ3n) is 5.43. The highest BCUT2D eigenvalue weighted by atomic mass is 16.5. The maximum absolute atomic E-state index is 12.5. The van der Waals surface area contributed by atoms with E-state index in [1.807, 2.05) is 44.0 Å². The Morgan fingerprint density at radius 2 is 1.62 bits per heavy atom. The van der Waals surface area contributed by atoms with Crippen molar-refractivity contribution in [2.75, 3.05) is 13.2 Å². The molecular formula is C25H26N2O5. The van der Waals surface area contributed by atoms with E-state index in [2.05, 4.69) is 40.8 Å². The average molecular weight is 434 g/mol. The second-order valence-electron chi connectivity index (χ2n) is 7.91. The van der Waals surface area contributed by atoms with Crippen LogP contribution in [0.4, 0.5) is 4.79 Å².